The highest BCUT2D eigenvalue weighted by Gasteiger charge is 2.17. The SMILES string of the molecule is CCN1CCN(c2ccc(NC(=O)CCc3nc4ccccc4c(=O)[nH]3)cc2C)CC1. The van der Waals surface area contributed by atoms with Crippen molar-refractivity contribution >= 4 is 28.2 Å². The van der Waals surface area contributed by atoms with E-state index in [-0.39, 0.29) is 17.9 Å². The highest BCUT2D eigenvalue weighted by molar-refractivity contribution is 5.91. The molecular weight excluding hydrogens is 390 g/mol. The first kappa shape index (κ1) is 21.1. The number of carbonyl (C=O) groups excluding carboxylic acids is 1. The molecule has 1 aliphatic rings. The van der Waals surface area contributed by atoms with Crippen molar-refractivity contribution in [2.75, 3.05) is 42.9 Å². The Morgan fingerprint density at radius 1 is 1.13 bits per heavy atom. The highest BCUT2D eigenvalue weighted by Crippen LogP contribution is 2.25. The molecule has 0 unspecified atom stereocenters. The minimum atomic E-state index is -0.174. The molecule has 1 amide bonds. The van der Waals surface area contributed by atoms with E-state index < -0.39 is 0 Å². The van der Waals surface area contributed by atoms with Crippen molar-refractivity contribution in [3.8, 4) is 0 Å². The second kappa shape index (κ2) is 9.31. The van der Waals surface area contributed by atoms with Crippen LogP contribution in [0, 0.1) is 6.92 Å². The molecule has 162 valence electrons. The molecule has 2 heterocycles. The van der Waals surface area contributed by atoms with Crippen LogP contribution in [0.4, 0.5) is 11.4 Å². The molecule has 7 nitrogen and oxygen atoms in total. The summed E-state index contributed by atoms with van der Waals surface area (Å²) in [6.45, 7) is 9.60. The monoisotopic (exact) mass is 419 g/mol. The van der Waals surface area contributed by atoms with Crippen LogP contribution in [0.3, 0.4) is 0 Å². The first-order valence-corrected chi connectivity index (χ1v) is 10.9. The number of H-pyrrole nitrogens is 1. The lowest BCUT2D eigenvalue weighted by atomic mass is 10.1. The van der Waals surface area contributed by atoms with Gasteiger partial charge in [-0.25, -0.2) is 4.98 Å². The number of aromatic nitrogens is 2. The number of nitrogens with zero attached hydrogens (tertiary/aromatic N) is 3. The minimum Gasteiger partial charge on any atom is -0.369 e. The van der Waals surface area contributed by atoms with Gasteiger partial charge in [-0.3, -0.25) is 9.59 Å². The number of aryl methyl sites for hydroxylation is 2. The fourth-order valence-corrected chi connectivity index (χ4v) is 4.10. The van der Waals surface area contributed by atoms with E-state index in [1.807, 2.05) is 24.3 Å². The van der Waals surface area contributed by atoms with Gasteiger partial charge in [0.15, 0.2) is 0 Å². The van der Waals surface area contributed by atoms with Gasteiger partial charge in [-0.2, -0.15) is 0 Å². The maximum atomic E-state index is 12.5. The number of piperazine rings is 1. The predicted octanol–water partition coefficient (Wildman–Crippen LogP) is 2.94. The van der Waals surface area contributed by atoms with Gasteiger partial charge in [0.1, 0.15) is 5.82 Å². The normalized spacial score (nSPS) is 14.7. The van der Waals surface area contributed by atoms with Gasteiger partial charge in [-0.15, -0.1) is 0 Å². The zero-order valence-electron chi connectivity index (χ0n) is 18.1. The molecule has 0 spiro atoms. The molecule has 0 saturated carbocycles. The van der Waals surface area contributed by atoms with Crippen molar-refractivity contribution in [1.82, 2.24) is 14.9 Å². The third kappa shape index (κ3) is 4.94. The van der Waals surface area contributed by atoms with Crippen molar-refractivity contribution in [3.63, 3.8) is 0 Å². The molecular formula is C24H29N5O2. The summed E-state index contributed by atoms with van der Waals surface area (Å²) in [5, 5.41) is 3.52. The van der Waals surface area contributed by atoms with Gasteiger partial charge in [0.05, 0.1) is 10.9 Å². The van der Waals surface area contributed by atoms with Gasteiger partial charge < -0.3 is 20.1 Å². The number of anilines is 2. The fraction of sp³-hybridized carbons (Fsp3) is 0.375. The quantitative estimate of drug-likeness (QED) is 0.642. The van der Waals surface area contributed by atoms with Crippen molar-refractivity contribution in [2.24, 2.45) is 0 Å². The first-order valence-electron chi connectivity index (χ1n) is 10.9. The van der Waals surface area contributed by atoms with Crippen LogP contribution < -0.4 is 15.8 Å². The summed E-state index contributed by atoms with van der Waals surface area (Å²) in [5.74, 6) is 0.427. The van der Waals surface area contributed by atoms with Gasteiger partial charge >= 0.3 is 0 Å². The van der Waals surface area contributed by atoms with Gasteiger partial charge in [0, 0.05) is 50.4 Å². The van der Waals surface area contributed by atoms with Gasteiger partial charge in [0.25, 0.3) is 5.56 Å². The lowest BCUT2D eigenvalue weighted by Gasteiger charge is -2.36. The van der Waals surface area contributed by atoms with Crippen molar-refractivity contribution in [3.05, 3.63) is 64.2 Å². The number of likely N-dealkylation sites (N-methyl/N-ethyl adjacent to an activating group) is 1. The zero-order valence-corrected chi connectivity index (χ0v) is 18.1. The molecule has 4 rings (SSSR count). The van der Waals surface area contributed by atoms with Crippen LogP contribution in [0.1, 0.15) is 24.7 Å². The van der Waals surface area contributed by atoms with Crippen LogP contribution in [-0.2, 0) is 11.2 Å². The molecule has 1 aliphatic heterocycles. The summed E-state index contributed by atoms with van der Waals surface area (Å²) >= 11 is 0. The van der Waals surface area contributed by atoms with E-state index in [9.17, 15) is 9.59 Å². The zero-order chi connectivity index (χ0) is 21.8. The predicted molar refractivity (Wildman–Crippen MR) is 125 cm³/mol. The Kier molecular flexibility index (Phi) is 6.32. The third-order valence-corrected chi connectivity index (χ3v) is 5.89. The number of carbonyl (C=O) groups is 1. The number of hydrogen-bond donors (Lipinski definition) is 2. The summed E-state index contributed by atoms with van der Waals surface area (Å²) in [6.07, 6.45) is 0.631. The third-order valence-electron chi connectivity index (χ3n) is 5.89. The molecule has 1 aromatic heterocycles. The average Bonchev–Trinajstić information content (AvgIpc) is 2.78. The van der Waals surface area contributed by atoms with E-state index in [0.29, 0.717) is 23.1 Å². The van der Waals surface area contributed by atoms with E-state index in [1.54, 1.807) is 12.1 Å². The van der Waals surface area contributed by atoms with Gasteiger partial charge in [0.2, 0.25) is 5.91 Å². The maximum Gasteiger partial charge on any atom is 0.258 e. The molecule has 2 N–H and O–H groups in total. The van der Waals surface area contributed by atoms with Gasteiger partial charge in [-0.05, 0) is 49.4 Å². The van der Waals surface area contributed by atoms with Crippen LogP contribution in [0.5, 0.6) is 0 Å². The second-order valence-corrected chi connectivity index (χ2v) is 8.00. The Labute approximate surface area is 182 Å². The Morgan fingerprint density at radius 2 is 1.90 bits per heavy atom. The average molecular weight is 420 g/mol. The summed E-state index contributed by atoms with van der Waals surface area (Å²) in [4.78, 5) is 36.7. The van der Waals surface area contributed by atoms with Crippen molar-refractivity contribution < 1.29 is 4.79 Å². The number of fused-ring (bicyclic) bond motifs is 1. The van der Waals surface area contributed by atoms with Crippen LogP contribution in [0.15, 0.2) is 47.3 Å². The van der Waals surface area contributed by atoms with Crippen molar-refractivity contribution in [1.29, 1.82) is 0 Å². The molecule has 0 atom stereocenters. The molecule has 7 heteroatoms. The van der Waals surface area contributed by atoms with E-state index >= 15 is 0 Å². The number of benzene rings is 2. The topological polar surface area (TPSA) is 81.3 Å². The van der Waals surface area contributed by atoms with E-state index in [2.05, 4.69) is 45.0 Å². The minimum absolute atomic E-state index is 0.0977. The molecule has 1 saturated heterocycles. The first-order chi connectivity index (χ1) is 15.0. The molecule has 2 aromatic carbocycles. The lowest BCUT2D eigenvalue weighted by molar-refractivity contribution is -0.116. The standard InChI is InChI=1S/C24H29N5O2/c1-3-28-12-14-29(15-13-28)21-9-8-18(16-17(21)2)25-23(30)11-10-22-26-20-7-5-4-6-19(20)24(31)27-22/h4-9,16H,3,10-15H2,1-2H3,(H,25,30)(H,26,27,31). The summed E-state index contributed by atoms with van der Waals surface area (Å²) < 4.78 is 0. The fourth-order valence-electron chi connectivity index (χ4n) is 4.10. The van der Waals surface area contributed by atoms with E-state index in [0.717, 1.165) is 44.0 Å². The van der Waals surface area contributed by atoms with Crippen LogP contribution in [-0.4, -0.2) is 53.5 Å². The summed E-state index contributed by atoms with van der Waals surface area (Å²) in [5.41, 5.74) is 3.65. The Hall–Kier alpha value is -3.19. The maximum absolute atomic E-state index is 12.5. The Balaban J connectivity index is 1.36. The number of hydrogen-bond acceptors (Lipinski definition) is 5. The number of para-hydroxylation sites is 1. The van der Waals surface area contributed by atoms with Gasteiger partial charge in [-0.1, -0.05) is 19.1 Å². The Bertz CT molecular complexity index is 1130. The number of nitrogens with one attached hydrogen (secondary N) is 2. The molecule has 0 radical (unpaired) electrons. The Morgan fingerprint density at radius 3 is 2.65 bits per heavy atom. The molecule has 0 aliphatic carbocycles. The largest absolute Gasteiger partial charge is 0.369 e. The molecule has 0 bridgehead atoms. The molecule has 1 fully saturated rings. The van der Waals surface area contributed by atoms with Crippen LogP contribution >= 0.6 is 0 Å². The smallest absolute Gasteiger partial charge is 0.258 e. The molecule has 31 heavy (non-hydrogen) atoms. The van der Waals surface area contributed by atoms with Crippen LogP contribution in [0.2, 0.25) is 0 Å². The summed E-state index contributed by atoms with van der Waals surface area (Å²) in [6, 6.07) is 13.3. The van der Waals surface area contributed by atoms with E-state index in [4.69, 9.17) is 0 Å². The number of aromatic amines is 1. The lowest BCUT2D eigenvalue weighted by Crippen LogP contribution is -2.46. The highest BCUT2D eigenvalue weighted by atomic mass is 16.1. The summed E-state index contributed by atoms with van der Waals surface area (Å²) in [7, 11) is 0. The van der Waals surface area contributed by atoms with Crippen LogP contribution in [0.25, 0.3) is 10.9 Å². The van der Waals surface area contributed by atoms with Crippen molar-refractivity contribution in [2.45, 2.75) is 26.7 Å². The molecule has 3 aromatic rings. The number of rotatable bonds is 6. The van der Waals surface area contributed by atoms with E-state index in [1.165, 1.54) is 5.69 Å². The second-order valence-electron chi connectivity index (χ2n) is 8.00. The number of amides is 1.